The van der Waals surface area contributed by atoms with Gasteiger partial charge in [-0.3, -0.25) is 14.8 Å². The molecule has 0 bridgehead atoms. The predicted molar refractivity (Wildman–Crippen MR) is 105 cm³/mol. The van der Waals surface area contributed by atoms with Gasteiger partial charge in [-0.15, -0.1) is 0 Å². The highest BCUT2D eigenvalue weighted by Crippen LogP contribution is 2.28. The van der Waals surface area contributed by atoms with Crippen LogP contribution in [0, 0.1) is 0 Å². The van der Waals surface area contributed by atoms with Gasteiger partial charge in [0.25, 0.3) is 5.91 Å². The van der Waals surface area contributed by atoms with Crippen molar-refractivity contribution in [1.29, 1.82) is 0 Å². The molecular weight excluding hydrogens is 340 g/mol. The molecule has 6 nitrogen and oxygen atoms in total. The minimum atomic E-state index is -0.193. The number of nitrogens with zero attached hydrogens (tertiary/aromatic N) is 2. The molecule has 0 radical (unpaired) electrons. The van der Waals surface area contributed by atoms with Crippen LogP contribution in [-0.2, 0) is 6.54 Å². The van der Waals surface area contributed by atoms with E-state index in [-0.39, 0.29) is 12.0 Å². The summed E-state index contributed by atoms with van der Waals surface area (Å²) in [5.41, 5.74) is 2.95. The van der Waals surface area contributed by atoms with E-state index >= 15 is 0 Å². The quantitative estimate of drug-likeness (QED) is 0.666. The maximum Gasteiger partial charge on any atom is 0.253 e. The number of para-hydroxylation sites is 2. The largest absolute Gasteiger partial charge is 0.489 e. The third kappa shape index (κ3) is 5.28. The van der Waals surface area contributed by atoms with Gasteiger partial charge in [-0.05, 0) is 43.7 Å². The molecule has 0 fully saturated rings. The molecule has 0 unspecified atom stereocenters. The van der Waals surface area contributed by atoms with Crippen molar-refractivity contribution in [2.45, 2.75) is 26.5 Å². The first-order chi connectivity index (χ1) is 13.1. The molecule has 1 amide bonds. The van der Waals surface area contributed by atoms with Gasteiger partial charge in [-0.1, -0.05) is 18.2 Å². The number of benzene rings is 1. The zero-order valence-corrected chi connectivity index (χ0v) is 15.3. The fourth-order valence-corrected chi connectivity index (χ4v) is 2.50. The molecule has 3 aromatic rings. The minimum Gasteiger partial charge on any atom is -0.489 e. The van der Waals surface area contributed by atoms with E-state index in [1.807, 2.05) is 50.2 Å². The summed E-state index contributed by atoms with van der Waals surface area (Å²) in [5, 5.41) is 6.14. The number of hydrogen-bond donors (Lipinski definition) is 2. The Balaban J connectivity index is 1.69. The van der Waals surface area contributed by atoms with Crippen LogP contribution in [-0.4, -0.2) is 22.0 Å². The topological polar surface area (TPSA) is 76.1 Å². The lowest BCUT2D eigenvalue weighted by atomic mass is 10.2. The van der Waals surface area contributed by atoms with Gasteiger partial charge >= 0.3 is 0 Å². The molecule has 0 aliphatic heterocycles. The Morgan fingerprint density at radius 3 is 2.70 bits per heavy atom. The van der Waals surface area contributed by atoms with E-state index in [1.54, 1.807) is 30.9 Å². The van der Waals surface area contributed by atoms with Crippen LogP contribution < -0.4 is 15.4 Å². The van der Waals surface area contributed by atoms with Gasteiger partial charge in [0, 0.05) is 25.1 Å². The summed E-state index contributed by atoms with van der Waals surface area (Å²) in [5.74, 6) is 0.556. The first-order valence-electron chi connectivity index (χ1n) is 8.76. The lowest BCUT2D eigenvalue weighted by molar-refractivity contribution is 0.0950. The Morgan fingerprint density at radius 2 is 1.93 bits per heavy atom. The summed E-state index contributed by atoms with van der Waals surface area (Å²) < 4.78 is 5.81. The van der Waals surface area contributed by atoms with E-state index in [4.69, 9.17) is 4.74 Å². The Bertz CT molecular complexity index is 897. The van der Waals surface area contributed by atoms with Gasteiger partial charge in [-0.2, -0.15) is 0 Å². The van der Waals surface area contributed by atoms with Crippen molar-refractivity contribution < 1.29 is 9.53 Å². The highest BCUT2D eigenvalue weighted by Gasteiger charge is 2.09. The number of hydrogen-bond acceptors (Lipinski definition) is 5. The molecule has 0 atom stereocenters. The maximum absolute atomic E-state index is 12.4. The second kappa shape index (κ2) is 8.80. The van der Waals surface area contributed by atoms with Crippen LogP contribution in [0.4, 0.5) is 11.4 Å². The van der Waals surface area contributed by atoms with Crippen LogP contribution in [0.2, 0.25) is 0 Å². The first kappa shape index (κ1) is 18.4. The van der Waals surface area contributed by atoms with Gasteiger partial charge in [0.15, 0.2) is 0 Å². The predicted octanol–water partition coefficient (Wildman–Crippen LogP) is 3.94. The van der Waals surface area contributed by atoms with Crippen LogP contribution in [0.1, 0.15) is 29.8 Å². The molecule has 0 spiro atoms. The number of carbonyl (C=O) groups is 1. The summed E-state index contributed by atoms with van der Waals surface area (Å²) in [6.07, 6.45) is 6.70. The fourth-order valence-electron chi connectivity index (χ4n) is 2.50. The van der Waals surface area contributed by atoms with Crippen LogP contribution in [0.25, 0.3) is 0 Å². The second-order valence-electron chi connectivity index (χ2n) is 6.29. The van der Waals surface area contributed by atoms with Crippen molar-refractivity contribution in [2.24, 2.45) is 0 Å². The third-order valence-corrected chi connectivity index (χ3v) is 3.71. The van der Waals surface area contributed by atoms with Gasteiger partial charge in [0.05, 0.1) is 29.2 Å². The second-order valence-corrected chi connectivity index (χ2v) is 6.29. The summed E-state index contributed by atoms with van der Waals surface area (Å²) in [6, 6.07) is 13.2. The van der Waals surface area contributed by atoms with Crippen molar-refractivity contribution >= 4 is 17.3 Å². The number of rotatable bonds is 7. The number of amides is 1. The molecule has 6 heteroatoms. The van der Waals surface area contributed by atoms with E-state index in [0.717, 1.165) is 17.0 Å². The molecule has 0 aliphatic carbocycles. The van der Waals surface area contributed by atoms with E-state index in [9.17, 15) is 4.79 Å². The number of ether oxygens (including phenoxy) is 1. The van der Waals surface area contributed by atoms with Crippen molar-refractivity contribution in [3.05, 3.63) is 78.4 Å². The Morgan fingerprint density at radius 1 is 1.07 bits per heavy atom. The number of nitrogens with one attached hydrogen (secondary N) is 2. The smallest absolute Gasteiger partial charge is 0.253 e. The van der Waals surface area contributed by atoms with E-state index in [1.165, 1.54) is 0 Å². The summed E-state index contributed by atoms with van der Waals surface area (Å²) >= 11 is 0. The Kier molecular flexibility index (Phi) is 5.99. The molecule has 1 aromatic carbocycles. The minimum absolute atomic E-state index is 0.0654. The van der Waals surface area contributed by atoms with Crippen LogP contribution in [0.3, 0.4) is 0 Å². The molecule has 0 aliphatic rings. The van der Waals surface area contributed by atoms with Crippen LogP contribution in [0.5, 0.6) is 5.75 Å². The molecular formula is C21H22N4O2. The van der Waals surface area contributed by atoms with Crippen molar-refractivity contribution in [3.63, 3.8) is 0 Å². The zero-order chi connectivity index (χ0) is 19.1. The standard InChI is InChI=1S/C21H22N4O2/c1-15(2)27-20-8-4-3-7-19(20)25-18-10-17(13-23-14-18)21(26)24-12-16-6-5-9-22-11-16/h3-11,13-15,25H,12H2,1-2H3,(H,24,26). The third-order valence-electron chi connectivity index (χ3n) is 3.71. The molecule has 2 heterocycles. The maximum atomic E-state index is 12.4. The molecule has 2 aromatic heterocycles. The van der Waals surface area contributed by atoms with Gasteiger partial charge in [0.2, 0.25) is 0 Å². The van der Waals surface area contributed by atoms with Gasteiger partial charge < -0.3 is 15.4 Å². The summed E-state index contributed by atoms with van der Waals surface area (Å²) in [4.78, 5) is 20.6. The highest BCUT2D eigenvalue weighted by atomic mass is 16.5. The average molecular weight is 362 g/mol. The van der Waals surface area contributed by atoms with Crippen molar-refractivity contribution in [2.75, 3.05) is 5.32 Å². The van der Waals surface area contributed by atoms with Crippen LogP contribution >= 0.6 is 0 Å². The highest BCUT2D eigenvalue weighted by molar-refractivity contribution is 5.94. The van der Waals surface area contributed by atoms with E-state index in [2.05, 4.69) is 20.6 Å². The first-order valence-corrected chi connectivity index (χ1v) is 8.76. The normalized spacial score (nSPS) is 10.5. The summed E-state index contributed by atoms with van der Waals surface area (Å²) in [7, 11) is 0. The van der Waals surface area contributed by atoms with Crippen LogP contribution in [0.15, 0.2) is 67.3 Å². The molecule has 3 rings (SSSR count). The number of anilines is 2. The lowest BCUT2D eigenvalue weighted by Gasteiger charge is -2.15. The van der Waals surface area contributed by atoms with Gasteiger partial charge in [-0.25, -0.2) is 0 Å². The van der Waals surface area contributed by atoms with E-state index in [0.29, 0.717) is 17.8 Å². The number of aromatic nitrogens is 2. The molecule has 0 saturated carbocycles. The molecule has 138 valence electrons. The SMILES string of the molecule is CC(C)Oc1ccccc1Nc1cncc(C(=O)NCc2cccnc2)c1. The Hall–Kier alpha value is -3.41. The molecule has 2 N–H and O–H groups in total. The van der Waals surface area contributed by atoms with Gasteiger partial charge in [0.1, 0.15) is 5.75 Å². The molecule has 27 heavy (non-hydrogen) atoms. The summed E-state index contributed by atoms with van der Waals surface area (Å²) in [6.45, 7) is 4.37. The lowest BCUT2D eigenvalue weighted by Crippen LogP contribution is -2.23. The zero-order valence-electron chi connectivity index (χ0n) is 15.3. The number of pyridine rings is 2. The van der Waals surface area contributed by atoms with Crippen molar-refractivity contribution in [3.8, 4) is 5.75 Å². The average Bonchev–Trinajstić information content (AvgIpc) is 2.68. The van der Waals surface area contributed by atoms with E-state index < -0.39 is 0 Å². The fraction of sp³-hybridized carbons (Fsp3) is 0.190. The monoisotopic (exact) mass is 362 g/mol. The van der Waals surface area contributed by atoms with Crippen molar-refractivity contribution in [1.82, 2.24) is 15.3 Å². The molecule has 0 saturated heterocycles. The number of carbonyl (C=O) groups excluding carboxylic acids is 1. The Labute approximate surface area is 158 Å².